The van der Waals surface area contributed by atoms with E-state index in [1.54, 1.807) is 0 Å². The predicted octanol–water partition coefficient (Wildman–Crippen LogP) is 3.18. The third kappa shape index (κ3) is 5.24. The van der Waals surface area contributed by atoms with E-state index in [1.807, 2.05) is 0 Å². The summed E-state index contributed by atoms with van der Waals surface area (Å²) in [6.07, 6.45) is -4.69. The molecule has 0 bridgehead atoms. The van der Waals surface area contributed by atoms with Crippen molar-refractivity contribution >= 4 is 11.8 Å². The highest BCUT2D eigenvalue weighted by Crippen LogP contribution is 2.30. The van der Waals surface area contributed by atoms with Gasteiger partial charge in [0.1, 0.15) is 5.82 Å². The van der Waals surface area contributed by atoms with Crippen LogP contribution in [0.5, 0.6) is 0 Å². The molecular formula is C15H15F5N4O. The Morgan fingerprint density at radius 3 is 2.44 bits per heavy atom. The summed E-state index contributed by atoms with van der Waals surface area (Å²) < 4.78 is 64.9. The number of halogens is 5. The van der Waals surface area contributed by atoms with Gasteiger partial charge >= 0.3 is 6.18 Å². The van der Waals surface area contributed by atoms with Gasteiger partial charge in [0.2, 0.25) is 5.95 Å². The second-order valence-electron chi connectivity index (χ2n) is 5.29. The summed E-state index contributed by atoms with van der Waals surface area (Å²) in [5.74, 6) is -2.55. The van der Waals surface area contributed by atoms with Crippen molar-refractivity contribution in [1.29, 1.82) is 0 Å². The molecule has 3 N–H and O–H groups in total. The van der Waals surface area contributed by atoms with Crippen molar-refractivity contribution in [2.24, 2.45) is 0 Å². The number of nitrogens with zero attached hydrogens (tertiary/aromatic N) is 2. The number of hydrogen-bond donors (Lipinski definition) is 3. The monoisotopic (exact) mass is 362 g/mol. The van der Waals surface area contributed by atoms with Crippen LogP contribution in [0.1, 0.15) is 18.2 Å². The standard InChI is InChI=1S/C15H15F5N4O/c1-8(7-25)22-14-23-12(15(18,19)20)5-13(24-14)21-6-9-2-3-10(16)11(17)4-9/h2-5,8,25H,6-7H2,1H3,(H2,21,22,23,24)/t8-/m0/s1. The Labute approximate surface area is 139 Å². The molecule has 0 radical (unpaired) electrons. The van der Waals surface area contributed by atoms with E-state index in [0.29, 0.717) is 11.6 Å². The van der Waals surface area contributed by atoms with Gasteiger partial charge in [0.05, 0.1) is 6.61 Å². The third-order valence-electron chi connectivity index (χ3n) is 3.12. The molecule has 5 nitrogen and oxygen atoms in total. The summed E-state index contributed by atoms with van der Waals surface area (Å²) in [5.41, 5.74) is -0.854. The van der Waals surface area contributed by atoms with Gasteiger partial charge < -0.3 is 15.7 Å². The molecular weight excluding hydrogens is 347 g/mol. The van der Waals surface area contributed by atoms with E-state index in [9.17, 15) is 22.0 Å². The zero-order valence-electron chi connectivity index (χ0n) is 13.0. The van der Waals surface area contributed by atoms with E-state index in [4.69, 9.17) is 5.11 Å². The van der Waals surface area contributed by atoms with E-state index < -0.39 is 29.5 Å². The Bertz CT molecular complexity index is 738. The van der Waals surface area contributed by atoms with Crippen LogP contribution in [0.4, 0.5) is 33.7 Å². The molecule has 0 saturated heterocycles. The van der Waals surface area contributed by atoms with Gasteiger partial charge in [0, 0.05) is 18.7 Å². The normalized spacial score (nSPS) is 12.8. The molecule has 1 aromatic carbocycles. The number of anilines is 2. The minimum absolute atomic E-state index is 0.0689. The summed E-state index contributed by atoms with van der Waals surface area (Å²) >= 11 is 0. The fraction of sp³-hybridized carbons (Fsp3) is 0.333. The Morgan fingerprint density at radius 2 is 1.84 bits per heavy atom. The SMILES string of the molecule is C[C@@H](CO)Nc1nc(NCc2ccc(F)c(F)c2)cc(C(F)(F)F)n1. The molecule has 0 amide bonds. The average Bonchev–Trinajstić information content (AvgIpc) is 2.55. The highest BCUT2D eigenvalue weighted by Gasteiger charge is 2.33. The number of aliphatic hydroxyl groups is 1. The molecule has 2 rings (SSSR count). The number of hydrogen-bond acceptors (Lipinski definition) is 5. The lowest BCUT2D eigenvalue weighted by Crippen LogP contribution is -2.22. The first kappa shape index (κ1) is 18.8. The summed E-state index contributed by atoms with van der Waals surface area (Å²) in [4.78, 5) is 7.24. The zero-order chi connectivity index (χ0) is 18.6. The van der Waals surface area contributed by atoms with Gasteiger partial charge in [0.25, 0.3) is 0 Å². The molecule has 0 saturated carbocycles. The molecule has 0 fully saturated rings. The second kappa shape index (κ2) is 7.60. The summed E-state index contributed by atoms with van der Waals surface area (Å²) in [5, 5.41) is 14.1. The van der Waals surface area contributed by atoms with E-state index in [1.165, 1.54) is 13.0 Å². The molecule has 1 aromatic heterocycles. The van der Waals surface area contributed by atoms with Crippen molar-refractivity contribution in [2.75, 3.05) is 17.2 Å². The van der Waals surface area contributed by atoms with Crippen LogP contribution in [0.2, 0.25) is 0 Å². The van der Waals surface area contributed by atoms with E-state index in [0.717, 1.165) is 12.1 Å². The number of rotatable bonds is 6. The summed E-state index contributed by atoms with van der Waals surface area (Å²) in [7, 11) is 0. The molecule has 0 aliphatic heterocycles. The molecule has 0 aliphatic carbocycles. The number of benzene rings is 1. The van der Waals surface area contributed by atoms with Crippen molar-refractivity contribution in [3.05, 3.63) is 47.2 Å². The number of nitrogens with one attached hydrogen (secondary N) is 2. The summed E-state index contributed by atoms with van der Waals surface area (Å²) in [6, 6.07) is 3.30. The molecule has 25 heavy (non-hydrogen) atoms. The van der Waals surface area contributed by atoms with Crippen LogP contribution < -0.4 is 10.6 Å². The molecule has 10 heteroatoms. The topological polar surface area (TPSA) is 70.1 Å². The van der Waals surface area contributed by atoms with Gasteiger partial charge in [-0.2, -0.15) is 18.2 Å². The quantitative estimate of drug-likeness (QED) is 0.689. The average molecular weight is 362 g/mol. The van der Waals surface area contributed by atoms with Crippen LogP contribution in [-0.2, 0) is 12.7 Å². The predicted molar refractivity (Wildman–Crippen MR) is 80.9 cm³/mol. The Kier molecular flexibility index (Phi) is 5.73. The Morgan fingerprint density at radius 1 is 1.12 bits per heavy atom. The molecule has 2 aromatic rings. The molecule has 0 spiro atoms. The molecule has 1 atom stereocenters. The number of aliphatic hydroxyl groups excluding tert-OH is 1. The van der Waals surface area contributed by atoms with E-state index in [-0.39, 0.29) is 24.9 Å². The third-order valence-corrected chi connectivity index (χ3v) is 3.12. The van der Waals surface area contributed by atoms with Gasteiger partial charge in [-0.05, 0) is 24.6 Å². The lowest BCUT2D eigenvalue weighted by molar-refractivity contribution is -0.141. The van der Waals surface area contributed by atoms with Crippen LogP contribution in [0, 0.1) is 11.6 Å². The van der Waals surface area contributed by atoms with Crippen LogP contribution in [0.25, 0.3) is 0 Å². The fourth-order valence-electron chi connectivity index (χ4n) is 1.86. The summed E-state index contributed by atoms with van der Waals surface area (Å²) in [6.45, 7) is 1.15. The van der Waals surface area contributed by atoms with Crippen LogP contribution >= 0.6 is 0 Å². The van der Waals surface area contributed by atoms with Crippen LogP contribution in [0.3, 0.4) is 0 Å². The van der Waals surface area contributed by atoms with Crippen molar-refractivity contribution in [3.8, 4) is 0 Å². The number of alkyl halides is 3. The highest BCUT2D eigenvalue weighted by atomic mass is 19.4. The zero-order valence-corrected chi connectivity index (χ0v) is 13.0. The smallest absolute Gasteiger partial charge is 0.394 e. The van der Waals surface area contributed by atoms with Crippen LogP contribution in [-0.4, -0.2) is 27.7 Å². The molecule has 0 aliphatic rings. The maximum absolute atomic E-state index is 13.2. The Balaban J connectivity index is 2.22. The van der Waals surface area contributed by atoms with E-state index in [2.05, 4.69) is 20.6 Å². The van der Waals surface area contributed by atoms with Crippen molar-refractivity contribution < 1.29 is 27.1 Å². The van der Waals surface area contributed by atoms with Gasteiger partial charge in [-0.1, -0.05) is 6.07 Å². The lowest BCUT2D eigenvalue weighted by atomic mass is 10.2. The first-order valence-corrected chi connectivity index (χ1v) is 7.20. The maximum Gasteiger partial charge on any atom is 0.433 e. The molecule has 136 valence electrons. The van der Waals surface area contributed by atoms with Crippen molar-refractivity contribution in [2.45, 2.75) is 25.7 Å². The molecule has 1 heterocycles. The van der Waals surface area contributed by atoms with Gasteiger partial charge in [-0.15, -0.1) is 0 Å². The largest absolute Gasteiger partial charge is 0.433 e. The number of aromatic nitrogens is 2. The molecule has 0 unspecified atom stereocenters. The van der Waals surface area contributed by atoms with Crippen molar-refractivity contribution in [3.63, 3.8) is 0 Å². The van der Waals surface area contributed by atoms with E-state index >= 15 is 0 Å². The van der Waals surface area contributed by atoms with Gasteiger partial charge in [-0.25, -0.2) is 13.8 Å². The van der Waals surface area contributed by atoms with Gasteiger partial charge in [-0.3, -0.25) is 0 Å². The highest BCUT2D eigenvalue weighted by molar-refractivity contribution is 5.44. The maximum atomic E-state index is 13.2. The first-order valence-electron chi connectivity index (χ1n) is 7.20. The minimum Gasteiger partial charge on any atom is -0.394 e. The minimum atomic E-state index is -4.69. The second-order valence-corrected chi connectivity index (χ2v) is 5.29. The fourth-order valence-corrected chi connectivity index (χ4v) is 1.86. The Hall–Kier alpha value is -2.49. The lowest BCUT2D eigenvalue weighted by Gasteiger charge is -2.15. The van der Waals surface area contributed by atoms with Crippen LogP contribution in [0.15, 0.2) is 24.3 Å². The van der Waals surface area contributed by atoms with Crippen molar-refractivity contribution in [1.82, 2.24) is 9.97 Å². The first-order chi connectivity index (χ1) is 11.7. The van der Waals surface area contributed by atoms with Gasteiger partial charge in [0.15, 0.2) is 17.3 Å².